The van der Waals surface area contributed by atoms with Gasteiger partial charge in [0.2, 0.25) is 0 Å². The van der Waals surface area contributed by atoms with E-state index in [0.717, 1.165) is 24.4 Å². The summed E-state index contributed by atoms with van der Waals surface area (Å²) in [6.45, 7) is 4.96. The topological polar surface area (TPSA) is 38.5 Å². The second-order valence-electron chi connectivity index (χ2n) is 4.75. The largest absolute Gasteiger partial charge is 0.492 e. The number of unbranched alkanes of at least 4 members (excludes halogenated alkanes) is 2. The molecule has 106 valence electrons. The Hall–Kier alpha value is -1.13. The van der Waals surface area contributed by atoms with Crippen LogP contribution in [-0.4, -0.2) is 36.6 Å². The normalized spacial score (nSPS) is 10.7. The molecule has 0 bridgehead atoms. The van der Waals surface area contributed by atoms with E-state index in [2.05, 4.69) is 18.9 Å². The first-order chi connectivity index (χ1) is 9.13. The van der Waals surface area contributed by atoms with Crippen LogP contribution in [0, 0.1) is 0 Å². The Kier molecular flexibility index (Phi) is 7.45. The highest BCUT2D eigenvalue weighted by Crippen LogP contribution is 2.13. The number of likely N-dealkylation sites (N-methyl/N-ethyl adjacent to an activating group) is 1. The fourth-order valence-electron chi connectivity index (χ4n) is 1.80. The Labute approximate surface area is 121 Å². The lowest BCUT2D eigenvalue weighted by molar-refractivity contribution is 0.235. The van der Waals surface area contributed by atoms with Gasteiger partial charge in [-0.3, -0.25) is 0 Å². The second-order valence-corrected chi connectivity index (χ2v) is 5.19. The zero-order valence-corrected chi connectivity index (χ0v) is 12.7. The zero-order valence-electron chi connectivity index (χ0n) is 11.9. The molecule has 0 aromatic heterocycles. The number of hydrogen-bond acceptors (Lipinski definition) is 3. The van der Waals surface area contributed by atoms with E-state index in [1.165, 1.54) is 19.3 Å². The summed E-state index contributed by atoms with van der Waals surface area (Å²) in [7, 11) is 2.13. The summed E-state index contributed by atoms with van der Waals surface area (Å²) in [6.07, 6.45) is 3.81. The highest BCUT2D eigenvalue weighted by Gasteiger charge is 2.01. The fourth-order valence-corrected chi connectivity index (χ4v) is 1.93. The van der Waals surface area contributed by atoms with Crippen LogP contribution in [0.4, 0.5) is 0 Å². The van der Waals surface area contributed by atoms with Crippen LogP contribution in [0.3, 0.4) is 0 Å². The lowest BCUT2D eigenvalue weighted by Gasteiger charge is -2.16. The monoisotopic (exact) mass is 280 g/mol. The molecule has 2 N–H and O–H groups in total. The summed E-state index contributed by atoms with van der Waals surface area (Å²) in [4.78, 5) is 2.70. The van der Waals surface area contributed by atoms with E-state index in [-0.39, 0.29) is 0 Å². The molecule has 0 heterocycles. The molecule has 0 unspecified atom stereocenters. The van der Waals surface area contributed by atoms with Gasteiger partial charge in [0, 0.05) is 12.1 Å². The summed E-state index contributed by atoms with van der Waals surface area (Å²) >= 11 is 4.95. The molecule has 0 saturated heterocycles. The molecule has 0 radical (unpaired) electrons. The third-order valence-electron chi connectivity index (χ3n) is 3.00. The maximum Gasteiger partial charge on any atom is 0.120 e. The Bertz CT molecular complexity index is 395. The molecular formula is C15H24N2OS. The first kappa shape index (κ1) is 15.9. The van der Waals surface area contributed by atoms with Crippen molar-refractivity contribution in [2.45, 2.75) is 26.2 Å². The van der Waals surface area contributed by atoms with E-state index in [0.29, 0.717) is 11.6 Å². The van der Waals surface area contributed by atoms with Crippen LogP contribution in [0.5, 0.6) is 5.75 Å². The Balaban J connectivity index is 2.28. The Morgan fingerprint density at radius 3 is 2.79 bits per heavy atom. The average molecular weight is 280 g/mol. The molecule has 3 nitrogen and oxygen atoms in total. The van der Waals surface area contributed by atoms with E-state index in [9.17, 15) is 0 Å². The molecule has 0 amide bonds. The summed E-state index contributed by atoms with van der Waals surface area (Å²) in [6, 6.07) is 7.62. The molecule has 4 heteroatoms. The summed E-state index contributed by atoms with van der Waals surface area (Å²) in [5.41, 5.74) is 6.45. The average Bonchev–Trinajstić information content (AvgIpc) is 2.39. The van der Waals surface area contributed by atoms with Gasteiger partial charge in [-0.1, -0.05) is 44.1 Å². The van der Waals surface area contributed by atoms with Crippen LogP contribution in [0.2, 0.25) is 0 Å². The maximum atomic E-state index is 5.72. The van der Waals surface area contributed by atoms with Crippen LogP contribution >= 0.6 is 12.2 Å². The van der Waals surface area contributed by atoms with Crippen molar-refractivity contribution in [1.82, 2.24) is 4.90 Å². The maximum absolute atomic E-state index is 5.72. The lowest BCUT2D eigenvalue weighted by Crippen LogP contribution is -2.25. The molecular weight excluding hydrogens is 256 g/mol. The quantitative estimate of drug-likeness (QED) is 0.557. The molecule has 0 aliphatic rings. The third-order valence-corrected chi connectivity index (χ3v) is 3.24. The molecule has 19 heavy (non-hydrogen) atoms. The second kappa shape index (κ2) is 8.88. The van der Waals surface area contributed by atoms with Crippen LogP contribution < -0.4 is 10.5 Å². The molecule has 0 aliphatic carbocycles. The number of hydrogen-bond donors (Lipinski definition) is 1. The Morgan fingerprint density at radius 1 is 1.32 bits per heavy atom. The van der Waals surface area contributed by atoms with Gasteiger partial charge in [0.25, 0.3) is 0 Å². The summed E-state index contributed by atoms with van der Waals surface area (Å²) in [5, 5.41) is 0. The SMILES string of the molecule is CCCCCN(C)CCOc1cccc(C(N)=S)c1. The Morgan fingerprint density at radius 2 is 2.11 bits per heavy atom. The molecule has 0 spiro atoms. The number of ether oxygens (including phenoxy) is 1. The third kappa shape index (κ3) is 6.55. The number of rotatable bonds is 9. The van der Waals surface area contributed by atoms with Crippen LogP contribution in [0.15, 0.2) is 24.3 Å². The minimum absolute atomic E-state index is 0.405. The zero-order chi connectivity index (χ0) is 14.1. The van der Waals surface area contributed by atoms with E-state index < -0.39 is 0 Å². The van der Waals surface area contributed by atoms with E-state index >= 15 is 0 Å². The van der Waals surface area contributed by atoms with E-state index in [1.807, 2.05) is 24.3 Å². The molecule has 1 aromatic carbocycles. The van der Waals surface area contributed by atoms with E-state index in [4.69, 9.17) is 22.7 Å². The standard InChI is InChI=1S/C15H24N2OS/c1-3-4-5-9-17(2)10-11-18-14-8-6-7-13(12-14)15(16)19/h6-8,12H,3-5,9-11H2,1-2H3,(H2,16,19). The van der Waals surface area contributed by atoms with Crippen LogP contribution in [-0.2, 0) is 0 Å². The predicted octanol–water partition coefficient (Wildman–Crippen LogP) is 2.82. The van der Waals surface area contributed by atoms with Gasteiger partial charge in [-0.05, 0) is 32.1 Å². The van der Waals surface area contributed by atoms with Gasteiger partial charge in [-0.15, -0.1) is 0 Å². The van der Waals surface area contributed by atoms with Crippen molar-refractivity contribution < 1.29 is 4.74 Å². The molecule has 0 fully saturated rings. The van der Waals surface area contributed by atoms with Crippen molar-refractivity contribution in [2.24, 2.45) is 5.73 Å². The molecule has 1 aromatic rings. The highest BCUT2D eigenvalue weighted by atomic mass is 32.1. The van der Waals surface area contributed by atoms with Crippen LogP contribution in [0.25, 0.3) is 0 Å². The number of nitrogens with zero attached hydrogens (tertiary/aromatic N) is 1. The van der Waals surface area contributed by atoms with Crippen molar-refractivity contribution in [3.63, 3.8) is 0 Å². The van der Waals surface area contributed by atoms with Crippen molar-refractivity contribution in [3.8, 4) is 5.75 Å². The van der Waals surface area contributed by atoms with Gasteiger partial charge in [-0.2, -0.15) is 0 Å². The first-order valence-electron chi connectivity index (χ1n) is 6.84. The fraction of sp³-hybridized carbons (Fsp3) is 0.533. The van der Waals surface area contributed by atoms with Gasteiger partial charge in [0.05, 0.1) is 0 Å². The molecule has 0 aliphatic heterocycles. The molecule has 1 rings (SSSR count). The molecule has 0 saturated carbocycles. The summed E-state index contributed by atoms with van der Waals surface area (Å²) in [5.74, 6) is 0.826. The van der Waals surface area contributed by atoms with E-state index in [1.54, 1.807) is 0 Å². The summed E-state index contributed by atoms with van der Waals surface area (Å²) < 4.78 is 5.72. The minimum Gasteiger partial charge on any atom is -0.492 e. The lowest BCUT2D eigenvalue weighted by atomic mass is 10.2. The highest BCUT2D eigenvalue weighted by molar-refractivity contribution is 7.80. The van der Waals surface area contributed by atoms with Gasteiger partial charge in [0.1, 0.15) is 17.3 Å². The van der Waals surface area contributed by atoms with Crippen molar-refractivity contribution >= 4 is 17.2 Å². The van der Waals surface area contributed by atoms with Gasteiger partial charge >= 0.3 is 0 Å². The predicted molar refractivity (Wildman–Crippen MR) is 84.8 cm³/mol. The van der Waals surface area contributed by atoms with Crippen molar-refractivity contribution in [1.29, 1.82) is 0 Å². The van der Waals surface area contributed by atoms with Gasteiger partial charge in [0.15, 0.2) is 0 Å². The number of benzene rings is 1. The smallest absolute Gasteiger partial charge is 0.120 e. The van der Waals surface area contributed by atoms with Crippen molar-refractivity contribution in [3.05, 3.63) is 29.8 Å². The van der Waals surface area contributed by atoms with Gasteiger partial charge < -0.3 is 15.4 Å². The first-order valence-corrected chi connectivity index (χ1v) is 7.25. The minimum atomic E-state index is 0.405. The molecule has 0 atom stereocenters. The van der Waals surface area contributed by atoms with Gasteiger partial charge in [-0.25, -0.2) is 0 Å². The number of nitrogens with two attached hydrogens (primary N) is 1. The van der Waals surface area contributed by atoms with Crippen molar-refractivity contribution in [2.75, 3.05) is 26.7 Å². The number of thiocarbonyl (C=S) groups is 1. The van der Waals surface area contributed by atoms with Crippen LogP contribution in [0.1, 0.15) is 31.7 Å².